The predicted molar refractivity (Wildman–Crippen MR) is 105 cm³/mol. The van der Waals surface area contributed by atoms with Crippen molar-refractivity contribution >= 4 is 22.1 Å². The van der Waals surface area contributed by atoms with Crippen LogP contribution >= 0.6 is 0 Å². The third kappa shape index (κ3) is 2.29. The Hall–Kier alpha value is -3.46. The van der Waals surface area contributed by atoms with E-state index in [0.717, 1.165) is 44.5 Å². The van der Waals surface area contributed by atoms with E-state index >= 15 is 0 Å². The largest absolute Gasteiger partial charge is 0.454 e. The molecule has 124 valence electrons. The van der Waals surface area contributed by atoms with Crippen LogP contribution in [0.3, 0.4) is 0 Å². The molecule has 0 aliphatic rings. The monoisotopic (exact) mass is 336 g/mol. The normalized spacial score (nSPS) is 11.3. The number of benzene rings is 2. The number of pyridine rings is 2. The van der Waals surface area contributed by atoms with Crippen molar-refractivity contribution in [3.05, 3.63) is 84.7 Å². The Bertz CT molecular complexity index is 1240. The van der Waals surface area contributed by atoms with Gasteiger partial charge in [0.1, 0.15) is 11.1 Å². The molecule has 0 saturated carbocycles. The van der Waals surface area contributed by atoms with Gasteiger partial charge in [0, 0.05) is 18.0 Å². The van der Waals surface area contributed by atoms with E-state index in [-0.39, 0.29) is 0 Å². The molecule has 0 aliphatic carbocycles. The molecule has 0 saturated heterocycles. The van der Waals surface area contributed by atoms with Crippen molar-refractivity contribution in [3.8, 4) is 22.4 Å². The molecule has 0 spiro atoms. The molecule has 0 bridgehead atoms. The quantitative estimate of drug-likeness (QED) is 0.396. The fourth-order valence-corrected chi connectivity index (χ4v) is 3.44. The number of fused-ring (bicyclic) bond motifs is 3. The van der Waals surface area contributed by atoms with Crippen LogP contribution in [0.15, 0.2) is 83.5 Å². The molecule has 0 amide bonds. The maximum Gasteiger partial charge on any atom is 0.163 e. The summed E-state index contributed by atoms with van der Waals surface area (Å²) < 4.78 is 6.24. The van der Waals surface area contributed by atoms with Gasteiger partial charge in [-0.3, -0.25) is 9.97 Å². The highest BCUT2D eigenvalue weighted by Crippen LogP contribution is 2.38. The van der Waals surface area contributed by atoms with Crippen molar-refractivity contribution in [1.29, 1.82) is 0 Å². The maximum absolute atomic E-state index is 6.24. The van der Waals surface area contributed by atoms with E-state index < -0.39 is 0 Å². The zero-order valence-electron chi connectivity index (χ0n) is 14.3. The Balaban J connectivity index is 1.85. The molecule has 2 aromatic carbocycles. The van der Waals surface area contributed by atoms with Crippen LogP contribution in [0.25, 0.3) is 44.5 Å². The van der Waals surface area contributed by atoms with Gasteiger partial charge in [0.25, 0.3) is 0 Å². The number of nitrogens with zero attached hydrogens (tertiary/aromatic N) is 2. The second kappa shape index (κ2) is 5.81. The first-order valence-electron chi connectivity index (χ1n) is 8.60. The molecule has 3 heterocycles. The van der Waals surface area contributed by atoms with Gasteiger partial charge in [-0.1, -0.05) is 42.5 Å². The van der Waals surface area contributed by atoms with E-state index in [2.05, 4.69) is 41.2 Å². The molecular weight excluding hydrogens is 320 g/mol. The fraction of sp³-hybridized carbons (Fsp3) is 0.0435. The molecule has 0 unspecified atom stereocenters. The van der Waals surface area contributed by atoms with E-state index in [1.165, 1.54) is 5.56 Å². The Morgan fingerprint density at radius 2 is 1.62 bits per heavy atom. The summed E-state index contributed by atoms with van der Waals surface area (Å²) in [5.74, 6) is 0. The summed E-state index contributed by atoms with van der Waals surface area (Å²) in [6.45, 7) is 2.07. The molecule has 3 nitrogen and oxygen atoms in total. The minimum absolute atomic E-state index is 0.781. The molecular formula is C23H16N2O. The lowest BCUT2D eigenvalue weighted by Crippen LogP contribution is -1.86. The standard InChI is InChI=1S/C23H16N2O/c1-15-10-12-24-19(14-15)18-11-13-25-22-21-17(16-6-3-2-4-7-16)8-5-9-20(21)26-23(18)22/h2-14H,1H3. The summed E-state index contributed by atoms with van der Waals surface area (Å²) >= 11 is 0. The summed E-state index contributed by atoms with van der Waals surface area (Å²) in [6.07, 6.45) is 3.66. The van der Waals surface area contributed by atoms with Crippen molar-refractivity contribution in [2.24, 2.45) is 0 Å². The second-order valence-corrected chi connectivity index (χ2v) is 6.40. The first kappa shape index (κ1) is 14.8. The van der Waals surface area contributed by atoms with Gasteiger partial charge in [-0.05, 0) is 47.9 Å². The third-order valence-electron chi connectivity index (χ3n) is 4.66. The topological polar surface area (TPSA) is 38.9 Å². The van der Waals surface area contributed by atoms with E-state index in [1.54, 1.807) is 0 Å². The number of hydrogen-bond donors (Lipinski definition) is 0. The van der Waals surface area contributed by atoms with Gasteiger partial charge in [-0.15, -0.1) is 0 Å². The van der Waals surface area contributed by atoms with Crippen LogP contribution in [0.5, 0.6) is 0 Å². The highest BCUT2D eigenvalue weighted by Gasteiger charge is 2.17. The van der Waals surface area contributed by atoms with Crippen LogP contribution in [-0.2, 0) is 0 Å². The average molecular weight is 336 g/mol. The highest BCUT2D eigenvalue weighted by atomic mass is 16.3. The molecule has 3 heteroatoms. The number of furan rings is 1. The second-order valence-electron chi connectivity index (χ2n) is 6.40. The van der Waals surface area contributed by atoms with Crippen molar-refractivity contribution in [2.45, 2.75) is 6.92 Å². The van der Waals surface area contributed by atoms with Gasteiger partial charge in [0.15, 0.2) is 5.58 Å². The molecule has 0 aliphatic heterocycles. The fourth-order valence-electron chi connectivity index (χ4n) is 3.44. The lowest BCUT2D eigenvalue weighted by atomic mass is 10.0. The van der Waals surface area contributed by atoms with E-state index in [1.807, 2.05) is 54.9 Å². The molecule has 3 aromatic heterocycles. The molecule has 26 heavy (non-hydrogen) atoms. The Kier molecular flexibility index (Phi) is 3.32. The summed E-state index contributed by atoms with van der Waals surface area (Å²) in [7, 11) is 0. The molecule has 0 radical (unpaired) electrons. The average Bonchev–Trinajstić information content (AvgIpc) is 3.07. The summed E-state index contributed by atoms with van der Waals surface area (Å²) in [5, 5.41) is 1.04. The zero-order chi connectivity index (χ0) is 17.5. The van der Waals surface area contributed by atoms with Crippen LogP contribution < -0.4 is 0 Å². The Morgan fingerprint density at radius 1 is 0.769 bits per heavy atom. The third-order valence-corrected chi connectivity index (χ3v) is 4.66. The van der Waals surface area contributed by atoms with Gasteiger partial charge in [0.05, 0.1) is 11.1 Å². The van der Waals surface area contributed by atoms with E-state index in [4.69, 9.17) is 4.42 Å². The minimum atomic E-state index is 0.781. The highest BCUT2D eigenvalue weighted by molar-refractivity contribution is 6.13. The maximum atomic E-state index is 6.24. The van der Waals surface area contributed by atoms with Crippen molar-refractivity contribution in [2.75, 3.05) is 0 Å². The van der Waals surface area contributed by atoms with Crippen molar-refractivity contribution < 1.29 is 4.42 Å². The number of aryl methyl sites for hydroxylation is 1. The van der Waals surface area contributed by atoms with Crippen molar-refractivity contribution in [3.63, 3.8) is 0 Å². The molecule has 0 fully saturated rings. The van der Waals surface area contributed by atoms with Crippen LogP contribution in [0.4, 0.5) is 0 Å². The van der Waals surface area contributed by atoms with Gasteiger partial charge in [0.2, 0.25) is 0 Å². The van der Waals surface area contributed by atoms with Gasteiger partial charge in [-0.2, -0.15) is 0 Å². The molecule has 5 aromatic rings. The molecule has 5 rings (SSSR count). The lowest BCUT2D eigenvalue weighted by Gasteiger charge is -2.03. The van der Waals surface area contributed by atoms with E-state index in [0.29, 0.717) is 0 Å². The smallest absolute Gasteiger partial charge is 0.163 e. The summed E-state index contributed by atoms with van der Waals surface area (Å²) in [4.78, 5) is 9.17. The summed E-state index contributed by atoms with van der Waals surface area (Å²) in [5.41, 5.74) is 7.82. The van der Waals surface area contributed by atoms with Gasteiger partial charge < -0.3 is 4.42 Å². The van der Waals surface area contributed by atoms with Crippen LogP contribution in [0.1, 0.15) is 5.56 Å². The number of aromatic nitrogens is 2. The number of rotatable bonds is 2. The molecule has 0 atom stereocenters. The Morgan fingerprint density at radius 3 is 2.46 bits per heavy atom. The van der Waals surface area contributed by atoms with Crippen LogP contribution in [0, 0.1) is 6.92 Å². The molecule has 0 N–H and O–H groups in total. The summed E-state index contributed by atoms with van der Waals surface area (Å²) in [6, 6.07) is 22.5. The van der Waals surface area contributed by atoms with Gasteiger partial charge >= 0.3 is 0 Å². The predicted octanol–water partition coefficient (Wildman–Crippen LogP) is 6.02. The van der Waals surface area contributed by atoms with Gasteiger partial charge in [-0.25, -0.2) is 0 Å². The first-order valence-corrected chi connectivity index (χ1v) is 8.60. The van der Waals surface area contributed by atoms with Crippen molar-refractivity contribution in [1.82, 2.24) is 9.97 Å². The van der Waals surface area contributed by atoms with Crippen LogP contribution in [-0.4, -0.2) is 9.97 Å². The number of hydrogen-bond acceptors (Lipinski definition) is 3. The van der Waals surface area contributed by atoms with Crippen LogP contribution in [0.2, 0.25) is 0 Å². The van der Waals surface area contributed by atoms with E-state index in [9.17, 15) is 0 Å². The lowest BCUT2D eigenvalue weighted by molar-refractivity contribution is 0.669. The zero-order valence-corrected chi connectivity index (χ0v) is 14.3. The minimum Gasteiger partial charge on any atom is -0.454 e. The Labute approximate surface area is 151 Å². The SMILES string of the molecule is Cc1ccnc(-c2ccnc3c2oc2cccc(-c4ccccc4)c23)c1. The first-order chi connectivity index (χ1) is 12.8.